The quantitative estimate of drug-likeness (QED) is 0.782. The molecule has 3 aromatic heterocycles. The molecule has 4 rings (SSSR count). The van der Waals surface area contributed by atoms with Crippen molar-refractivity contribution in [1.82, 2.24) is 24.4 Å². The van der Waals surface area contributed by atoms with Gasteiger partial charge in [-0.1, -0.05) is 0 Å². The van der Waals surface area contributed by atoms with Gasteiger partial charge in [0, 0.05) is 48.7 Å². The molecule has 1 aliphatic rings. The summed E-state index contributed by atoms with van der Waals surface area (Å²) in [5.74, 6) is 1.43. The molecule has 1 amide bonds. The van der Waals surface area contributed by atoms with Gasteiger partial charge < -0.3 is 14.5 Å². The van der Waals surface area contributed by atoms with Crippen LogP contribution in [0.2, 0.25) is 0 Å². The number of thiazole rings is 1. The third-order valence-corrected chi connectivity index (χ3v) is 5.46. The van der Waals surface area contributed by atoms with Gasteiger partial charge in [0.1, 0.15) is 5.82 Å². The Hall–Kier alpha value is -2.41. The van der Waals surface area contributed by atoms with Crippen molar-refractivity contribution in [1.29, 1.82) is 0 Å². The molecule has 1 saturated heterocycles. The van der Waals surface area contributed by atoms with E-state index >= 15 is 0 Å². The molecule has 0 radical (unpaired) electrons. The number of amides is 1. The zero-order valence-electron chi connectivity index (χ0n) is 14.2. The molecular weight excluding hydrogens is 334 g/mol. The van der Waals surface area contributed by atoms with Crippen LogP contribution in [-0.2, 0) is 6.54 Å². The number of piperidine rings is 1. The van der Waals surface area contributed by atoms with E-state index in [0.717, 1.165) is 55.3 Å². The number of nitrogens with one attached hydrogen (secondary N) is 1. The number of carbonyl (C=O) groups is 1. The topological polar surface area (TPSA) is 66.8 Å². The molecule has 0 saturated carbocycles. The van der Waals surface area contributed by atoms with Crippen LogP contribution in [-0.4, -0.2) is 43.4 Å². The number of aromatic nitrogens is 4. The summed E-state index contributed by atoms with van der Waals surface area (Å²) in [5, 5.41) is 2.06. The number of aryl methyl sites for hydroxylation is 1. The predicted octanol–water partition coefficient (Wildman–Crippen LogP) is 3.04. The minimum Gasteiger partial charge on any atom is -0.365 e. The highest BCUT2D eigenvalue weighted by Crippen LogP contribution is 2.27. The molecule has 0 aliphatic carbocycles. The van der Waals surface area contributed by atoms with Crippen LogP contribution in [0, 0.1) is 6.92 Å². The number of imidazole rings is 1. The molecule has 1 atom stereocenters. The first-order valence-corrected chi connectivity index (χ1v) is 9.48. The van der Waals surface area contributed by atoms with Gasteiger partial charge in [0.15, 0.2) is 0 Å². The SMILES string of the molecule is Cc1[nH]ccc1C(=O)N1CCC[C@H](c2nccn2Cc2cscn2)C1. The van der Waals surface area contributed by atoms with E-state index in [1.165, 1.54) is 0 Å². The van der Waals surface area contributed by atoms with Crippen LogP contribution in [0.4, 0.5) is 0 Å². The molecule has 0 aromatic carbocycles. The number of hydrogen-bond acceptors (Lipinski definition) is 4. The number of aromatic amines is 1. The van der Waals surface area contributed by atoms with E-state index in [-0.39, 0.29) is 11.8 Å². The Labute approximate surface area is 150 Å². The van der Waals surface area contributed by atoms with Gasteiger partial charge in [0.25, 0.3) is 5.91 Å². The molecular formula is C18H21N5OS. The van der Waals surface area contributed by atoms with E-state index in [1.54, 1.807) is 11.3 Å². The zero-order valence-corrected chi connectivity index (χ0v) is 15.0. The van der Waals surface area contributed by atoms with Crippen molar-refractivity contribution in [3.05, 3.63) is 58.3 Å². The normalized spacial score (nSPS) is 17.8. The Kier molecular flexibility index (Phi) is 4.40. The van der Waals surface area contributed by atoms with E-state index in [1.807, 2.05) is 42.0 Å². The third-order valence-electron chi connectivity index (χ3n) is 4.82. The standard InChI is InChI=1S/C18H21N5OS/c1-13-16(4-5-19-13)18(24)23-7-2-3-14(9-23)17-20-6-8-22(17)10-15-11-25-12-21-15/h4-6,8,11-12,14,19H,2-3,7,9-10H2,1H3/t14-/m0/s1. The Balaban J connectivity index is 1.51. The summed E-state index contributed by atoms with van der Waals surface area (Å²) in [6.07, 6.45) is 7.74. The summed E-state index contributed by atoms with van der Waals surface area (Å²) in [6, 6.07) is 1.87. The second kappa shape index (κ2) is 6.84. The lowest BCUT2D eigenvalue weighted by Gasteiger charge is -2.32. The number of rotatable bonds is 4. The van der Waals surface area contributed by atoms with E-state index in [4.69, 9.17) is 0 Å². The smallest absolute Gasteiger partial charge is 0.255 e. The third kappa shape index (κ3) is 3.24. The molecule has 1 N–H and O–H groups in total. The van der Waals surface area contributed by atoms with Crippen LogP contribution in [0.15, 0.2) is 35.5 Å². The molecule has 130 valence electrons. The maximum absolute atomic E-state index is 12.8. The molecule has 1 fully saturated rings. The van der Waals surface area contributed by atoms with Crippen LogP contribution in [0.25, 0.3) is 0 Å². The lowest BCUT2D eigenvalue weighted by Crippen LogP contribution is -2.40. The second-order valence-corrected chi connectivity index (χ2v) is 7.22. The Bertz CT molecular complexity index is 851. The van der Waals surface area contributed by atoms with Crippen molar-refractivity contribution in [2.75, 3.05) is 13.1 Å². The average Bonchev–Trinajstić information content (AvgIpc) is 3.37. The number of likely N-dealkylation sites (tertiary alicyclic amines) is 1. The van der Waals surface area contributed by atoms with Gasteiger partial charge in [-0.15, -0.1) is 11.3 Å². The minimum atomic E-state index is 0.112. The van der Waals surface area contributed by atoms with Crippen molar-refractivity contribution in [2.45, 2.75) is 32.2 Å². The van der Waals surface area contributed by atoms with Crippen molar-refractivity contribution < 1.29 is 4.79 Å². The van der Waals surface area contributed by atoms with Gasteiger partial charge in [-0.05, 0) is 25.8 Å². The van der Waals surface area contributed by atoms with Crippen molar-refractivity contribution in [3.8, 4) is 0 Å². The lowest BCUT2D eigenvalue weighted by molar-refractivity contribution is 0.0703. The summed E-state index contributed by atoms with van der Waals surface area (Å²) in [5.41, 5.74) is 4.60. The van der Waals surface area contributed by atoms with Gasteiger partial charge in [-0.25, -0.2) is 9.97 Å². The molecule has 25 heavy (non-hydrogen) atoms. The summed E-state index contributed by atoms with van der Waals surface area (Å²) >= 11 is 1.61. The molecule has 3 aromatic rings. The summed E-state index contributed by atoms with van der Waals surface area (Å²) in [4.78, 5) is 26.8. The maximum atomic E-state index is 12.8. The fraction of sp³-hybridized carbons (Fsp3) is 0.389. The summed E-state index contributed by atoms with van der Waals surface area (Å²) in [7, 11) is 0. The fourth-order valence-corrected chi connectivity index (χ4v) is 4.08. The summed E-state index contributed by atoms with van der Waals surface area (Å²) < 4.78 is 2.16. The molecule has 4 heterocycles. The summed E-state index contributed by atoms with van der Waals surface area (Å²) in [6.45, 7) is 4.21. The van der Waals surface area contributed by atoms with E-state index in [2.05, 4.69) is 24.9 Å². The van der Waals surface area contributed by atoms with Gasteiger partial charge in [0.05, 0.1) is 23.3 Å². The molecule has 0 unspecified atom stereocenters. The van der Waals surface area contributed by atoms with Crippen LogP contribution in [0.3, 0.4) is 0 Å². The Morgan fingerprint density at radius 3 is 3.12 bits per heavy atom. The molecule has 7 heteroatoms. The van der Waals surface area contributed by atoms with Crippen molar-refractivity contribution in [3.63, 3.8) is 0 Å². The van der Waals surface area contributed by atoms with Gasteiger partial charge in [-0.3, -0.25) is 4.79 Å². The van der Waals surface area contributed by atoms with Crippen LogP contribution in [0.1, 0.15) is 46.3 Å². The largest absolute Gasteiger partial charge is 0.365 e. The van der Waals surface area contributed by atoms with Crippen LogP contribution in [0.5, 0.6) is 0 Å². The van der Waals surface area contributed by atoms with Gasteiger partial charge in [-0.2, -0.15) is 0 Å². The van der Waals surface area contributed by atoms with Gasteiger partial charge >= 0.3 is 0 Å². The molecule has 1 aliphatic heterocycles. The number of H-pyrrole nitrogens is 1. The number of nitrogens with zero attached hydrogens (tertiary/aromatic N) is 4. The first-order chi connectivity index (χ1) is 12.2. The van der Waals surface area contributed by atoms with Gasteiger partial charge in [0.2, 0.25) is 0 Å². The van der Waals surface area contributed by atoms with Crippen LogP contribution < -0.4 is 0 Å². The van der Waals surface area contributed by atoms with E-state index in [0.29, 0.717) is 0 Å². The Morgan fingerprint density at radius 1 is 1.44 bits per heavy atom. The molecule has 0 bridgehead atoms. The predicted molar refractivity (Wildman–Crippen MR) is 96.9 cm³/mol. The highest BCUT2D eigenvalue weighted by molar-refractivity contribution is 7.07. The fourth-order valence-electron chi connectivity index (χ4n) is 3.53. The lowest BCUT2D eigenvalue weighted by atomic mass is 9.96. The zero-order chi connectivity index (χ0) is 17.2. The monoisotopic (exact) mass is 355 g/mol. The highest BCUT2D eigenvalue weighted by Gasteiger charge is 2.28. The van der Waals surface area contributed by atoms with E-state index < -0.39 is 0 Å². The Morgan fingerprint density at radius 2 is 2.36 bits per heavy atom. The van der Waals surface area contributed by atoms with Crippen molar-refractivity contribution in [2.24, 2.45) is 0 Å². The average molecular weight is 355 g/mol. The maximum Gasteiger partial charge on any atom is 0.255 e. The second-order valence-electron chi connectivity index (χ2n) is 6.50. The molecule has 0 spiro atoms. The van der Waals surface area contributed by atoms with Crippen molar-refractivity contribution >= 4 is 17.2 Å². The minimum absolute atomic E-state index is 0.112. The first kappa shape index (κ1) is 16.1. The molecule has 6 nitrogen and oxygen atoms in total. The first-order valence-electron chi connectivity index (χ1n) is 8.53. The van der Waals surface area contributed by atoms with E-state index in [9.17, 15) is 4.79 Å². The van der Waals surface area contributed by atoms with Crippen LogP contribution >= 0.6 is 11.3 Å². The number of carbonyl (C=O) groups excluding carboxylic acids is 1. The number of hydrogen-bond donors (Lipinski definition) is 1. The highest BCUT2D eigenvalue weighted by atomic mass is 32.1.